The topological polar surface area (TPSA) is 62.2 Å². The highest BCUT2D eigenvalue weighted by atomic mass is 32.1. The van der Waals surface area contributed by atoms with Crippen LogP contribution in [-0.2, 0) is 11.0 Å². The maximum Gasteiger partial charge on any atom is 0.416 e. The van der Waals surface area contributed by atoms with Crippen molar-refractivity contribution in [2.45, 2.75) is 13.1 Å². The average molecular weight is 352 g/mol. The summed E-state index contributed by atoms with van der Waals surface area (Å²) in [5.41, 5.74) is 0.486. The Morgan fingerprint density at radius 2 is 1.96 bits per heavy atom. The van der Waals surface area contributed by atoms with E-state index in [2.05, 4.69) is 10.3 Å². The fraction of sp³-hybridized carbons (Fsp3) is 0.125. The van der Waals surface area contributed by atoms with E-state index in [1.54, 1.807) is 18.2 Å². The number of carbonyl (C=O) groups is 1. The van der Waals surface area contributed by atoms with Gasteiger partial charge in [0, 0.05) is 12.5 Å². The number of nitrogens with zero attached hydrogens (tertiary/aromatic N) is 1. The molecule has 3 aromatic rings. The Balaban J connectivity index is 2.01. The van der Waals surface area contributed by atoms with Crippen LogP contribution in [0.2, 0.25) is 0 Å². The highest BCUT2D eigenvalue weighted by molar-refractivity contribution is 7.22. The number of anilines is 1. The van der Waals surface area contributed by atoms with Gasteiger partial charge in [-0.05, 0) is 29.8 Å². The van der Waals surface area contributed by atoms with E-state index >= 15 is 0 Å². The van der Waals surface area contributed by atoms with Gasteiger partial charge in [-0.2, -0.15) is 13.2 Å². The number of hydrogen-bond acceptors (Lipinski definition) is 4. The lowest BCUT2D eigenvalue weighted by molar-refractivity contribution is -0.137. The third-order valence-electron chi connectivity index (χ3n) is 3.31. The molecule has 2 N–H and O–H groups in total. The highest BCUT2D eigenvalue weighted by Crippen LogP contribution is 2.38. The van der Waals surface area contributed by atoms with E-state index in [1.807, 2.05) is 0 Å². The van der Waals surface area contributed by atoms with E-state index in [9.17, 15) is 23.1 Å². The normalized spacial score (nSPS) is 11.7. The van der Waals surface area contributed by atoms with Gasteiger partial charge in [0.05, 0.1) is 15.8 Å². The minimum Gasteiger partial charge on any atom is -0.507 e. The number of rotatable bonds is 2. The number of halogens is 3. The summed E-state index contributed by atoms with van der Waals surface area (Å²) in [6, 6.07) is 7.91. The molecule has 0 saturated heterocycles. The van der Waals surface area contributed by atoms with Crippen molar-refractivity contribution in [3.05, 3.63) is 42.0 Å². The van der Waals surface area contributed by atoms with Crippen LogP contribution in [0.15, 0.2) is 36.4 Å². The van der Waals surface area contributed by atoms with Crippen LogP contribution >= 0.6 is 11.3 Å². The summed E-state index contributed by atoms with van der Waals surface area (Å²) in [5, 5.41) is 12.9. The second-order valence-electron chi connectivity index (χ2n) is 5.11. The van der Waals surface area contributed by atoms with E-state index < -0.39 is 17.5 Å². The number of amides is 1. The quantitative estimate of drug-likeness (QED) is 0.706. The van der Waals surface area contributed by atoms with Gasteiger partial charge in [0.2, 0.25) is 5.91 Å². The second kappa shape index (κ2) is 5.79. The molecule has 0 spiro atoms. The van der Waals surface area contributed by atoms with Gasteiger partial charge >= 0.3 is 6.18 Å². The van der Waals surface area contributed by atoms with Crippen molar-refractivity contribution < 1.29 is 23.1 Å². The van der Waals surface area contributed by atoms with Crippen LogP contribution in [0.4, 0.5) is 18.3 Å². The van der Waals surface area contributed by atoms with E-state index in [0.717, 1.165) is 10.8 Å². The molecule has 0 atom stereocenters. The first kappa shape index (κ1) is 16.3. The van der Waals surface area contributed by atoms with Gasteiger partial charge < -0.3 is 10.4 Å². The zero-order valence-corrected chi connectivity index (χ0v) is 13.1. The number of phenols is 1. The molecule has 0 aliphatic rings. The van der Waals surface area contributed by atoms with Crippen molar-refractivity contribution in [3.8, 4) is 16.9 Å². The third-order valence-corrected chi connectivity index (χ3v) is 4.26. The Morgan fingerprint density at radius 1 is 1.21 bits per heavy atom. The number of fused-ring (bicyclic) bond motifs is 1. The molecule has 1 heterocycles. The molecule has 3 rings (SSSR count). The van der Waals surface area contributed by atoms with Crippen LogP contribution < -0.4 is 5.32 Å². The third kappa shape index (κ3) is 3.18. The zero-order chi connectivity index (χ0) is 17.5. The molecule has 0 unspecified atom stereocenters. The van der Waals surface area contributed by atoms with E-state index in [4.69, 9.17) is 0 Å². The molecule has 0 saturated carbocycles. The summed E-state index contributed by atoms with van der Waals surface area (Å²) < 4.78 is 38.8. The standard InChI is InChI=1S/C16H11F3N2O2S/c1-8(22)20-15-21-12-6-9(2-5-14(12)24-15)11-4-3-10(7-13(11)23)16(17,18)19/h2-7,23H,1H3,(H,20,21,22). The van der Waals surface area contributed by atoms with Crippen molar-refractivity contribution in [2.75, 3.05) is 5.32 Å². The summed E-state index contributed by atoms with van der Waals surface area (Å²) >= 11 is 1.29. The molecule has 1 amide bonds. The summed E-state index contributed by atoms with van der Waals surface area (Å²) in [4.78, 5) is 15.3. The number of alkyl halides is 3. The van der Waals surface area contributed by atoms with Crippen LogP contribution in [0.3, 0.4) is 0 Å². The molecule has 0 radical (unpaired) electrons. The molecule has 0 bridgehead atoms. The van der Waals surface area contributed by atoms with Crippen LogP contribution in [0.1, 0.15) is 12.5 Å². The van der Waals surface area contributed by atoms with Crippen molar-refractivity contribution in [3.63, 3.8) is 0 Å². The molecule has 124 valence electrons. The highest BCUT2D eigenvalue weighted by Gasteiger charge is 2.31. The zero-order valence-electron chi connectivity index (χ0n) is 12.3. The van der Waals surface area contributed by atoms with Crippen LogP contribution in [-0.4, -0.2) is 16.0 Å². The smallest absolute Gasteiger partial charge is 0.416 e. The number of aromatic nitrogens is 1. The fourth-order valence-electron chi connectivity index (χ4n) is 2.25. The predicted molar refractivity (Wildman–Crippen MR) is 86.0 cm³/mol. The lowest BCUT2D eigenvalue weighted by Crippen LogP contribution is -2.04. The Labute approximate surface area is 138 Å². The minimum absolute atomic E-state index is 0.241. The monoisotopic (exact) mass is 352 g/mol. The largest absolute Gasteiger partial charge is 0.507 e. The molecule has 0 aliphatic heterocycles. The maximum atomic E-state index is 12.7. The van der Waals surface area contributed by atoms with Gasteiger partial charge in [0.25, 0.3) is 0 Å². The molecule has 4 nitrogen and oxygen atoms in total. The number of phenolic OH excluding ortho intramolecular Hbond substituents is 1. The van der Waals surface area contributed by atoms with Gasteiger partial charge in [-0.15, -0.1) is 0 Å². The van der Waals surface area contributed by atoms with Gasteiger partial charge in [-0.25, -0.2) is 4.98 Å². The SMILES string of the molecule is CC(=O)Nc1nc2cc(-c3ccc(C(F)(F)F)cc3O)ccc2s1. The van der Waals surface area contributed by atoms with Gasteiger partial charge in [0.1, 0.15) is 5.75 Å². The Hall–Kier alpha value is -2.61. The molecule has 24 heavy (non-hydrogen) atoms. The Kier molecular flexibility index (Phi) is 3.92. The first-order valence-corrected chi connectivity index (χ1v) is 7.64. The first-order valence-electron chi connectivity index (χ1n) is 6.83. The molecular formula is C16H11F3N2O2S. The lowest BCUT2D eigenvalue weighted by atomic mass is 10.0. The van der Waals surface area contributed by atoms with Crippen LogP contribution in [0.5, 0.6) is 5.75 Å². The Morgan fingerprint density at radius 3 is 2.58 bits per heavy atom. The summed E-state index contributed by atoms with van der Waals surface area (Å²) in [5.74, 6) is -0.698. The number of thiazole rings is 1. The first-order chi connectivity index (χ1) is 11.2. The van der Waals surface area contributed by atoms with Crippen molar-refractivity contribution in [1.82, 2.24) is 4.98 Å². The maximum absolute atomic E-state index is 12.7. The number of nitrogens with one attached hydrogen (secondary N) is 1. The van der Waals surface area contributed by atoms with Crippen molar-refractivity contribution >= 4 is 32.6 Å². The van der Waals surface area contributed by atoms with Crippen molar-refractivity contribution in [2.24, 2.45) is 0 Å². The summed E-state index contributed by atoms with van der Waals surface area (Å²) in [6.45, 7) is 1.37. The Bertz CT molecular complexity index is 935. The fourth-order valence-corrected chi connectivity index (χ4v) is 3.14. The minimum atomic E-state index is -4.51. The number of aromatic hydroxyl groups is 1. The predicted octanol–water partition coefficient (Wildman–Crippen LogP) is 4.65. The summed E-state index contributed by atoms with van der Waals surface area (Å²) in [7, 11) is 0. The summed E-state index contributed by atoms with van der Waals surface area (Å²) in [6.07, 6.45) is -4.51. The van der Waals surface area contributed by atoms with E-state index in [1.165, 1.54) is 24.3 Å². The number of benzene rings is 2. The lowest BCUT2D eigenvalue weighted by Gasteiger charge is -2.10. The van der Waals surface area contributed by atoms with Gasteiger partial charge in [0.15, 0.2) is 5.13 Å². The molecule has 8 heteroatoms. The van der Waals surface area contributed by atoms with Crippen molar-refractivity contribution in [1.29, 1.82) is 0 Å². The average Bonchev–Trinajstić information content (AvgIpc) is 2.86. The molecule has 0 aliphatic carbocycles. The van der Waals surface area contributed by atoms with Crippen LogP contribution in [0.25, 0.3) is 21.3 Å². The number of hydrogen-bond donors (Lipinski definition) is 2. The van der Waals surface area contributed by atoms with E-state index in [0.29, 0.717) is 22.3 Å². The van der Waals surface area contributed by atoms with Gasteiger partial charge in [-0.3, -0.25) is 4.79 Å². The second-order valence-corrected chi connectivity index (χ2v) is 6.14. The van der Waals surface area contributed by atoms with Gasteiger partial charge in [-0.1, -0.05) is 23.5 Å². The molecule has 2 aromatic carbocycles. The molecule has 1 aromatic heterocycles. The van der Waals surface area contributed by atoms with E-state index in [-0.39, 0.29) is 11.5 Å². The van der Waals surface area contributed by atoms with Crippen LogP contribution in [0, 0.1) is 0 Å². The number of carbonyl (C=O) groups excluding carboxylic acids is 1. The molecular weight excluding hydrogens is 341 g/mol. The molecule has 0 fully saturated rings.